The summed E-state index contributed by atoms with van der Waals surface area (Å²) in [4.78, 5) is 13.5. The zero-order chi connectivity index (χ0) is 17.6. The van der Waals surface area contributed by atoms with Crippen LogP contribution in [0, 0.1) is 0 Å². The third kappa shape index (κ3) is 5.21. The maximum atomic E-state index is 13.3. The molecule has 134 valence electrons. The molecule has 1 aromatic rings. The Morgan fingerprint density at radius 1 is 1.25 bits per heavy atom. The summed E-state index contributed by atoms with van der Waals surface area (Å²) in [6, 6.07) is 5.36. The molecule has 0 aliphatic carbocycles. The maximum Gasteiger partial charge on any atom is 0.405 e. The largest absolute Gasteiger partial charge is 0.405 e. The van der Waals surface area contributed by atoms with Crippen molar-refractivity contribution in [3.63, 3.8) is 0 Å². The van der Waals surface area contributed by atoms with E-state index in [9.17, 15) is 18.0 Å². The first-order chi connectivity index (χ1) is 11.4. The number of nitrogens with zero attached hydrogens (tertiary/aromatic N) is 1. The number of hydrogen-bond acceptors (Lipinski definition) is 3. The molecule has 1 unspecified atom stereocenters. The van der Waals surface area contributed by atoms with E-state index in [1.807, 2.05) is 12.1 Å². The summed E-state index contributed by atoms with van der Waals surface area (Å²) in [6.45, 7) is 3.34. The number of piperazine rings is 1. The van der Waals surface area contributed by atoms with Gasteiger partial charge in [-0.1, -0.05) is 25.5 Å². The van der Waals surface area contributed by atoms with Crippen molar-refractivity contribution in [1.29, 1.82) is 0 Å². The van der Waals surface area contributed by atoms with Crippen molar-refractivity contribution in [3.05, 3.63) is 35.4 Å². The van der Waals surface area contributed by atoms with Crippen molar-refractivity contribution >= 4 is 5.91 Å². The lowest BCUT2D eigenvalue weighted by atomic mass is 10.1. The number of amides is 1. The molecule has 0 spiro atoms. The minimum Gasteiger partial charge on any atom is -0.350 e. The van der Waals surface area contributed by atoms with Gasteiger partial charge in [-0.15, -0.1) is 0 Å². The van der Waals surface area contributed by atoms with Gasteiger partial charge in [-0.3, -0.25) is 9.69 Å². The molecule has 2 N–H and O–H groups in total. The van der Waals surface area contributed by atoms with E-state index < -0.39 is 24.7 Å². The fourth-order valence-electron chi connectivity index (χ4n) is 2.85. The van der Waals surface area contributed by atoms with Gasteiger partial charge in [0.2, 0.25) is 0 Å². The summed E-state index contributed by atoms with van der Waals surface area (Å²) in [6.07, 6.45) is -2.44. The van der Waals surface area contributed by atoms with Crippen LogP contribution in [0.5, 0.6) is 0 Å². The molecular formula is C17H24F3N3O. The van der Waals surface area contributed by atoms with Crippen LogP contribution >= 0.6 is 0 Å². The second-order valence-electron chi connectivity index (χ2n) is 6.00. The number of halogens is 3. The van der Waals surface area contributed by atoms with Gasteiger partial charge in [0.1, 0.15) is 6.04 Å². The van der Waals surface area contributed by atoms with Crippen LogP contribution in [0.1, 0.15) is 29.3 Å². The highest BCUT2D eigenvalue weighted by Gasteiger charge is 2.43. The Morgan fingerprint density at radius 3 is 2.42 bits per heavy atom. The number of alkyl halides is 3. The molecule has 1 aromatic carbocycles. The summed E-state index contributed by atoms with van der Waals surface area (Å²) < 4.78 is 39.8. The van der Waals surface area contributed by atoms with Crippen molar-refractivity contribution in [1.82, 2.24) is 15.5 Å². The van der Waals surface area contributed by atoms with Crippen LogP contribution in [-0.2, 0) is 6.42 Å². The molecule has 7 heteroatoms. The third-order valence-corrected chi connectivity index (χ3v) is 4.18. The molecule has 1 aliphatic heterocycles. The number of rotatable bonds is 6. The molecule has 0 radical (unpaired) electrons. The van der Waals surface area contributed by atoms with Gasteiger partial charge >= 0.3 is 6.18 Å². The standard InChI is InChI=1S/C17H24F3N3O/c1-2-3-13-4-6-14(7-5-13)16(24)22-12-15(17(18,19)20)23-10-8-21-9-11-23/h4-7,15,21H,2-3,8-12H2,1H3,(H,22,24). The Kier molecular flexibility index (Phi) is 6.62. The van der Waals surface area contributed by atoms with Crippen molar-refractivity contribution < 1.29 is 18.0 Å². The van der Waals surface area contributed by atoms with Gasteiger partial charge in [-0.25, -0.2) is 0 Å². The van der Waals surface area contributed by atoms with E-state index in [0.29, 0.717) is 31.7 Å². The monoisotopic (exact) mass is 343 g/mol. The minimum absolute atomic E-state index is 0.325. The number of carbonyl (C=O) groups is 1. The third-order valence-electron chi connectivity index (χ3n) is 4.18. The zero-order valence-electron chi connectivity index (χ0n) is 13.8. The first-order valence-corrected chi connectivity index (χ1v) is 8.30. The van der Waals surface area contributed by atoms with Gasteiger partial charge in [0.15, 0.2) is 0 Å². The summed E-state index contributed by atoms with van der Waals surface area (Å²) in [7, 11) is 0. The van der Waals surface area contributed by atoms with Crippen LogP contribution in [0.3, 0.4) is 0 Å². The van der Waals surface area contributed by atoms with E-state index in [-0.39, 0.29) is 0 Å². The maximum absolute atomic E-state index is 13.3. The number of carbonyl (C=O) groups excluding carboxylic acids is 1. The number of aryl methyl sites for hydroxylation is 1. The Balaban J connectivity index is 1.96. The van der Waals surface area contributed by atoms with Crippen molar-refractivity contribution in [2.75, 3.05) is 32.7 Å². The molecular weight excluding hydrogens is 319 g/mol. The summed E-state index contributed by atoms with van der Waals surface area (Å²) in [5.74, 6) is -0.470. The van der Waals surface area contributed by atoms with Crippen molar-refractivity contribution in [2.24, 2.45) is 0 Å². The van der Waals surface area contributed by atoms with E-state index in [4.69, 9.17) is 0 Å². The molecule has 0 aromatic heterocycles. The van der Waals surface area contributed by atoms with E-state index in [0.717, 1.165) is 18.4 Å². The lowest BCUT2D eigenvalue weighted by Crippen LogP contribution is -2.57. The molecule has 4 nitrogen and oxygen atoms in total. The number of benzene rings is 1. The lowest BCUT2D eigenvalue weighted by Gasteiger charge is -2.35. The smallest absolute Gasteiger partial charge is 0.350 e. The molecule has 0 bridgehead atoms. The summed E-state index contributed by atoms with van der Waals surface area (Å²) >= 11 is 0. The Morgan fingerprint density at radius 2 is 1.88 bits per heavy atom. The molecule has 1 fully saturated rings. The fourth-order valence-corrected chi connectivity index (χ4v) is 2.85. The van der Waals surface area contributed by atoms with Crippen LogP contribution in [-0.4, -0.2) is 55.7 Å². The molecule has 1 aliphatic rings. The quantitative estimate of drug-likeness (QED) is 0.832. The van der Waals surface area contributed by atoms with Gasteiger partial charge in [0.25, 0.3) is 5.91 Å². The highest BCUT2D eigenvalue weighted by molar-refractivity contribution is 5.94. The lowest BCUT2D eigenvalue weighted by molar-refractivity contribution is -0.183. The van der Waals surface area contributed by atoms with Crippen molar-refractivity contribution in [2.45, 2.75) is 32.0 Å². The Bertz CT molecular complexity index is 525. The van der Waals surface area contributed by atoms with Crippen LogP contribution in [0.4, 0.5) is 13.2 Å². The van der Waals surface area contributed by atoms with E-state index in [2.05, 4.69) is 17.6 Å². The average Bonchev–Trinajstić information content (AvgIpc) is 2.55. The molecule has 0 saturated carbocycles. The van der Waals surface area contributed by atoms with Gasteiger partial charge < -0.3 is 10.6 Å². The predicted octanol–water partition coefficient (Wildman–Crippen LogP) is 2.21. The molecule has 1 atom stereocenters. The molecule has 24 heavy (non-hydrogen) atoms. The topological polar surface area (TPSA) is 44.4 Å². The van der Waals surface area contributed by atoms with Crippen molar-refractivity contribution in [3.8, 4) is 0 Å². The van der Waals surface area contributed by atoms with Gasteiger partial charge in [-0.05, 0) is 24.1 Å². The highest BCUT2D eigenvalue weighted by atomic mass is 19.4. The molecule has 1 saturated heterocycles. The molecule has 1 amide bonds. The van der Waals surface area contributed by atoms with Gasteiger partial charge in [0, 0.05) is 38.3 Å². The van der Waals surface area contributed by atoms with Crippen LogP contribution in [0.25, 0.3) is 0 Å². The first kappa shape index (κ1) is 18.7. The normalized spacial score (nSPS) is 17.5. The van der Waals surface area contributed by atoms with Crippen LogP contribution < -0.4 is 10.6 Å². The second kappa shape index (κ2) is 8.48. The Hall–Kier alpha value is -1.60. The fraction of sp³-hybridized carbons (Fsp3) is 0.588. The SMILES string of the molecule is CCCc1ccc(C(=O)NCC(N2CCNCC2)C(F)(F)F)cc1. The first-order valence-electron chi connectivity index (χ1n) is 8.30. The summed E-state index contributed by atoms with van der Waals surface area (Å²) in [5, 5.41) is 5.46. The number of nitrogens with one attached hydrogen (secondary N) is 2. The van der Waals surface area contributed by atoms with Crippen LogP contribution in [0.15, 0.2) is 24.3 Å². The second-order valence-corrected chi connectivity index (χ2v) is 6.00. The van der Waals surface area contributed by atoms with E-state index >= 15 is 0 Å². The summed E-state index contributed by atoms with van der Waals surface area (Å²) in [5.41, 5.74) is 1.50. The molecule has 2 rings (SSSR count). The van der Waals surface area contributed by atoms with Gasteiger partial charge in [0.05, 0.1) is 0 Å². The van der Waals surface area contributed by atoms with Crippen LogP contribution in [0.2, 0.25) is 0 Å². The highest BCUT2D eigenvalue weighted by Crippen LogP contribution is 2.24. The predicted molar refractivity (Wildman–Crippen MR) is 87.1 cm³/mol. The van der Waals surface area contributed by atoms with E-state index in [1.165, 1.54) is 4.90 Å². The minimum atomic E-state index is -4.37. The van der Waals surface area contributed by atoms with E-state index in [1.54, 1.807) is 12.1 Å². The number of hydrogen-bond donors (Lipinski definition) is 2. The average molecular weight is 343 g/mol. The molecule has 1 heterocycles. The Labute approximate surface area is 140 Å². The van der Waals surface area contributed by atoms with Gasteiger partial charge in [-0.2, -0.15) is 13.2 Å². The zero-order valence-corrected chi connectivity index (χ0v) is 13.8.